The summed E-state index contributed by atoms with van der Waals surface area (Å²) in [6.07, 6.45) is 0.997. The Morgan fingerprint density at radius 3 is 3.00 bits per heavy atom. The molecule has 0 aromatic heterocycles. The van der Waals surface area contributed by atoms with Crippen molar-refractivity contribution in [2.45, 2.75) is 24.9 Å². The Morgan fingerprint density at radius 1 is 1.46 bits per heavy atom. The number of amides is 3. The third-order valence-electron chi connectivity index (χ3n) is 4.28. The van der Waals surface area contributed by atoms with Crippen molar-refractivity contribution in [1.29, 1.82) is 0 Å². The Hall–Kier alpha value is -1.93. The van der Waals surface area contributed by atoms with Crippen LogP contribution in [0.15, 0.2) is 22.7 Å². The summed E-state index contributed by atoms with van der Waals surface area (Å²) < 4.78 is 5.58. The first-order chi connectivity index (χ1) is 11.5. The molecule has 1 aromatic carbocycles. The molecule has 2 aliphatic heterocycles. The van der Waals surface area contributed by atoms with Crippen LogP contribution in [0.4, 0.5) is 5.69 Å². The zero-order valence-corrected chi connectivity index (χ0v) is 14.8. The van der Waals surface area contributed by atoms with Crippen molar-refractivity contribution in [3.63, 3.8) is 0 Å². The highest BCUT2D eigenvalue weighted by Crippen LogP contribution is 2.30. The maximum absolute atomic E-state index is 12.8. The summed E-state index contributed by atoms with van der Waals surface area (Å²) in [7, 11) is 1.45. The first kappa shape index (κ1) is 16.9. The third kappa shape index (κ3) is 3.29. The van der Waals surface area contributed by atoms with E-state index in [0.29, 0.717) is 30.6 Å². The van der Waals surface area contributed by atoms with Crippen LogP contribution in [0.1, 0.15) is 23.2 Å². The minimum Gasteiger partial charge on any atom is -0.375 e. The van der Waals surface area contributed by atoms with Crippen LogP contribution in [0.5, 0.6) is 0 Å². The van der Waals surface area contributed by atoms with Crippen molar-refractivity contribution in [1.82, 2.24) is 10.2 Å². The molecule has 0 radical (unpaired) electrons. The summed E-state index contributed by atoms with van der Waals surface area (Å²) in [6, 6.07) is 4.47. The molecule has 0 spiro atoms. The zero-order valence-electron chi connectivity index (χ0n) is 13.2. The van der Waals surface area contributed by atoms with Gasteiger partial charge in [0.15, 0.2) is 0 Å². The van der Waals surface area contributed by atoms with E-state index in [1.165, 1.54) is 7.11 Å². The molecule has 2 atom stereocenters. The van der Waals surface area contributed by atoms with Crippen LogP contribution in [-0.4, -0.2) is 55.0 Å². The summed E-state index contributed by atoms with van der Waals surface area (Å²) in [4.78, 5) is 38.6. The predicted octanol–water partition coefficient (Wildman–Crippen LogP) is 1.14. The number of hydrogen-bond donors (Lipinski definition) is 2. The number of nitrogens with one attached hydrogen (secondary N) is 2. The number of carbonyl (C=O) groups excluding carboxylic acids is 3. The standard InChI is InChI=1S/C16H18BrN3O4/c1-24-8-14(21)18-10-4-5-20-13(7-10)15(22)19-12-3-2-9(17)6-11(12)16(20)23/h2-3,6,10,13H,4-5,7-8H2,1H3,(H,18,21)(H,19,22)/t10-,13-/m0/s1. The van der Waals surface area contributed by atoms with Crippen molar-refractivity contribution >= 4 is 39.3 Å². The van der Waals surface area contributed by atoms with Gasteiger partial charge >= 0.3 is 0 Å². The van der Waals surface area contributed by atoms with E-state index in [1.54, 1.807) is 23.1 Å². The Bertz CT molecular complexity index is 694. The second-order valence-corrected chi connectivity index (χ2v) is 6.83. The van der Waals surface area contributed by atoms with Gasteiger partial charge in [-0.2, -0.15) is 0 Å². The fourth-order valence-electron chi connectivity index (χ4n) is 3.16. The van der Waals surface area contributed by atoms with Gasteiger partial charge in [-0.1, -0.05) is 15.9 Å². The summed E-state index contributed by atoms with van der Waals surface area (Å²) in [6.45, 7) is 0.399. The van der Waals surface area contributed by atoms with Gasteiger partial charge in [0.1, 0.15) is 12.6 Å². The fourth-order valence-corrected chi connectivity index (χ4v) is 3.52. The Morgan fingerprint density at radius 2 is 2.25 bits per heavy atom. The first-order valence-corrected chi connectivity index (χ1v) is 8.48. The van der Waals surface area contributed by atoms with Crippen molar-refractivity contribution in [3.8, 4) is 0 Å². The highest BCUT2D eigenvalue weighted by molar-refractivity contribution is 9.10. The van der Waals surface area contributed by atoms with E-state index in [2.05, 4.69) is 26.6 Å². The van der Waals surface area contributed by atoms with E-state index in [9.17, 15) is 14.4 Å². The van der Waals surface area contributed by atoms with Crippen LogP contribution >= 0.6 is 15.9 Å². The number of methoxy groups -OCH3 is 1. The van der Waals surface area contributed by atoms with Gasteiger partial charge in [0, 0.05) is 24.2 Å². The molecule has 0 bridgehead atoms. The molecule has 2 aliphatic rings. The molecule has 1 aromatic rings. The van der Waals surface area contributed by atoms with Crippen LogP contribution < -0.4 is 10.6 Å². The zero-order chi connectivity index (χ0) is 17.3. The van der Waals surface area contributed by atoms with Gasteiger partial charge in [-0.3, -0.25) is 14.4 Å². The van der Waals surface area contributed by atoms with Gasteiger partial charge in [-0.25, -0.2) is 0 Å². The summed E-state index contributed by atoms with van der Waals surface area (Å²) in [5.41, 5.74) is 0.990. The van der Waals surface area contributed by atoms with Crippen molar-refractivity contribution in [2.75, 3.05) is 25.6 Å². The highest BCUT2D eigenvalue weighted by atomic mass is 79.9. The minimum absolute atomic E-state index is 0.0184. The van der Waals surface area contributed by atoms with E-state index in [-0.39, 0.29) is 30.4 Å². The van der Waals surface area contributed by atoms with E-state index >= 15 is 0 Å². The molecular formula is C16H18BrN3O4. The molecule has 3 rings (SSSR count). The number of hydrogen-bond acceptors (Lipinski definition) is 4. The molecule has 2 heterocycles. The lowest BCUT2D eigenvalue weighted by Crippen LogP contribution is -2.55. The topological polar surface area (TPSA) is 87.7 Å². The number of fused-ring (bicyclic) bond motifs is 2. The number of halogens is 1. The van der Waals surface area contributed by atoms with Crippen molar-refractivity contribution < 1.29 is 19.1 Å². The average Bonchev–Trinajstić information content (AvgIpc) is 2.64. The average molecular weight is 396 g/mol. The molecular weight excluding hydrogens is 378 g/mol. The van der Waals surface area contributed by atoms with Gasteiger partial charge in [0.25, 0.3) is 5.91 Å². The fraction of sp³-hybridized carbons (Fsp3) is 0.438. The van der Waals surface area contributed by atoms with Crippen LogP contribution in [-0.2, 0) is 14.3 Å². The number of piperidine rings is 1. The number of ether oxygens (including phenoxy) is 1. The Kier molecular flexibility index (Phi) is 4.86. The number of nitrogens with zero attached hydrogens (tertiary/aromatic N) is 1. The molecule has 0 saturated carbocycles. The molecule has 1 fully saturated rings. The van der Waals surface area contributed by atoms with Gasteiger partial charge in [0.05, 0.1) is 11.3 Å². The van der Waals surface area contributed by atoms with E-state index in [0.717, 1.165) is 4.47 Å². The number of rotatable bonds is 3. The number of carbonyl (C=O) groups is 3. The molecule has 0 unspecified atom stereocenters. The quantitative estimate of drug-likeness (QED) is 0.802. The largest absolute Gasteiger partial charge is 0.375 e. The lowest BCUT2D eigenvalue weighted by atomic mass is 9.96. The minimum atomic E-state index is -0.592. The van der Waals surface area contributed by atoms with Crippen LogP contribution in [0.25, 0.3) is 0 Å². The van der Waals surface area contributed by atoms with E-state index < -0.39 is 6.04 Å². The predicted molar refractivity (Wildman–Crippen MR) is 90.6 cm³/mol. The number of benzene rings is 1. The Labute approximate surface area is 147 Å². The summed E-state index contributed by atoms with van der Waals surface area (Å²) in [5.74, 6) is -0.616. The van der Waals surface area contributed by atoms with Crippen LogP contribution in [0.2, 0.25) is 0 Å². The molecule has 1 saturated heterocycles. The molecule has 7 nitrogen and oxygen atoms in total. The molecule has 2 N–H and O–H groups in total. The number of anilines is 1. The van der Waals surface area contributed by atoms with Gasteiger partial charge in [-0.05, 0) is 31.0 Å². The van der Waals surface area contributed by atoms with Crippen molar-refractivity contribution in [2.24, 2.45) is 0 Å². The first-order valence-electron chi connectivity index (χ1n) is 7.69. The van der Waals surface area contributed by atoms with Gasteiger partial charge < -0.3 is 20.3 Å². The highest BCUT2D eigenvalue weighted by Gasteiger charge is 2.40. The molecule has 24 heavy (non-hydrogen) atoms. The lowest BCUT2D eigenvalue weighted by molar-refractivity contribution is -0.127. The molecule has 128 valence electrons. The molecule has 3 amide bonds. The SMILES string of the molecule is COCC(=O)N[C@H]1CCN2C(=O)c3cc(Br)ccc3NC(=O)[C@@H]2C1. The maximum atomic E-state index is 12.8. The van der Waals surface area contributed by atoms with Gasteiger partial charge in [0.2, 0.25) is 11.8 Å². The van der Waals surface area contributed by atoms with Gasteiger partial charge in [-0.15, -0.1) is 0 Å². The summed E-state index contributed by atoms with van der Waals surface area (Å²) >= 11 is 3.36. The maximum Gasteiger partial charge on any atom is 0.256 e. The lowest BCUT2D eigenvalue weighted by Gasteiger charge is -2.37. The molecule has 0 aliphatic carbocycles. The smallest absolute Gasteiger partial charge is 0.256 e. The summed E-state index contributed by atoms with van der Waals surface area (Å²) in [5, 5.41) is 5.67. The third-order valence-corrected chi connectivity index (χ3v) is 4.77. The second-order valence-electron chi connectivity index (χ2n) is 5.92. The van der Waals surface area contributed by atoms with Crippen LogP contribution in [0, 0.1) is 0 Å². The Balaban J connectivity index is 1.80. The van der Waals surface area contributed by atoms with Crippen molar-refractivity contribution in [3.05, 3.63) is 28.2 Å². The normalized spacial score (nSPS) is 23.0. The molecule has 8 heteroatoms. The second kappa shape index (κ2) is 6.90. The van der Waals surface area contributed by atoms with E-state index in [4.69, 9.17) is 4.74 Å². The monoisotopic (exact) mass is 395 g/mol. The van der Waals surface area contributed by atoms with Crippen LogP contribution in [0.3, 0.4) is 0 Å². The van der Waals surface area contributed by atoms with E-state index in [1.807, 2.05) is 0 Å².